The summed E-state index contributed by atoms with van der Waals surface area (Å²) in [6.45, 7) is 3.59. The highest BCUT2D eigenvalue weighted by molar-refractivity contribution is 7.91. The number of piperidine rings is 1. The Morgan fingerprint density at radius 1 is 1.55 bits per heavy atom. The third-order valence-corrected chi connectivity index (χ3v) is 6.73. The standard InChI is InChI=1S/C13H22N2O3S2/c1-18-8-6-14-10-12-4-2-7-15(11-12)20(16,17)13-5-3-9-19-13/h3,5,9,12,14H,2,4,6-8,10-11H2,1H3. The maximum absolute atomic E-state index is 12.5. The maximum Gasteiger partial charge on any atom is 0.252 e. The van der Waals surface area contributed by atoms with Crippen LogP contribution in [-0.4, -0.2) is 52.6 Å². The van der Waals surface area contributed by atoms with Crippen LogP contribution in [0.2, 0.25) is 0 Å². The van der Waals surface area contributed by atoms with Gasteiger partial charge in [-0.3, -0.25) is 0 Å². The van der Waals surface area contributed by atoms with Crippen LogP contribution in [0, 0.1) is 5.92 Å². The normalized spacial score (nSPS) is 21.1. The predicted molar refractivity (Wildman–Crippen MR) is 80.5 cm³/mol. The van der Waals surface area contributed by atoms with E-state index >= 15 is 0 Å². The van der Waals surface area contributed by atoms with Crippen LogP contribution in [0.25, 0.3) is 0 Å². The van der Waals surface area contributed by atoms with Crippen molar-refractivity contribution in [2.75, 3.05) is 39.9 Å². The van der Waals surface area contributed by atoms with Crippen LogP contribution < -0.4 is 5.32 Å². The van der Waals surface area contributed by atoms with Crippen LogP contribution in [0.15, 0.2) is 21.7 Å². The van der Waals surface area contributed by atoms with Crippen LogP contribution in [0.1, 0.15) is 12.8 Å². The first-order valence-electron chi connectivity index (χ1n) is 6.88. The van der Waals surface area contributed by atoms with Gasteiger partial charge in [0.1, 0.15) is 4.21 Å². The molecule has 0 spiro atoms. The lowest BCUT2D eigenvalue weighted by molar-refractivity contribution is 0.193. The van der Waals surface area contributed by atoms with Crippen LogP contribution in [-0.2, 0) is 14.8 Å². The summed E-state index contributed by atoms with van der Waals surface area (Å²) in [6, 6.07) is 3.46. The minimum Gasteiger partial charge on any atom is -0.383 e. The number of rotatable bonds is 7. The number of nitrogens with one attached hydrogen (secondary N) is 1. The van der Waals surface area contributed by atoms with Crippen molar-refractivity contribution >= 4 is 21.4 Å². The monoisotopic (exact) mass is 318 g/mol. The van der Waals surface area contributed by atoms with Crippen molar-refractivity contribution in [3.63, 3.8) is 0 Å². The largest absolute Gasteiger partial charge is 0.383 e. The number of hydrogen-bond acceptors (Lipinski definition) is 5. The molecule has 0 radical (unpaired) electrons. The molecule has 0 amide bonds. The van der Waals surface area contributed by atoms with E-state index in [9.17, 15) is 8.42 Å². The van der Waals surface area contributed by atoms with Crippen molar-refractivity contribution in [1.82, 2.24) is 9.62 Å². The molecule has 1 N–H and O–H groups in total. The molecule has 2 rings (SSSR count). The van der Waals surface area contributed by atoms with Gasteiger partial charge in [0.15, 0.2) is 0 Å². The first kappa shape index (κ1) is 15.9. The Morgan fingerprint density at radius 3 is 3.10 bits per heavy atom. The SMILES string of the molecule is COCCNCC1CCCN(S(=O)(=O)c2cccs2)C1. The van der Waals surface area contributed by atoms with E-state index in [1.807, 2.05) is 0 Å². The number of methoxy groups -OCH3 is 1. The molecule has 1 aromatic rings. The van der Waals surface area contributed by atoms with Crippen molar-refractivity contribution in [2.45, 2.75) is 17.1 Å². The molecule has 5 nitrogen and oxygen atoms in total. The van der Waals surface area contributed by atoms with Gasteiger partial charge < -0.3 is 10.1 Å². The van der Waals surface area contributed by atoms with Crippen molar-refractivity contribution in [3.8, 4) is 0 Å². The van der Waals surface area contributed by atoms with E-state index in [1.165, 1.54) is 11.3 Å². The molecule has 0 bridgehead atoms. The minimum atomic E-state index is -3.29. The Hall–Kier alpha value is -0.470. The quantitative estimate of drug-likeness (QED) is 0.772. The Labute approximate surface area is 125 Å². The zero-order chi connectivity index (χ0) is 14.4. The maximum atomic E-state index is 12.5. The lowest BCUT2D eigenvalue weighted by Gasteiger charge is -2.31. The van der Waals surface area contributed by atoms with Crippen LogP contribution in [0.3, 0.4) is 0 Å². The van der Waals surface area contributed by atoms with E-state index in [0.29, 0.717) is 29.8 Å². The Kier molecular flexibility index (Phi) is 5.98. The molecule has 1 aromatic heterocycles. The van der Waals surface area contributed by atoms with E-state index in [-0.39, 0.29) is 0 Å². The molecule has 1 fully saturated rings. The van der Waals surface area contributed by atoms with Gasteiger partial charge in [0.05, 0.1) is 6.61 Å². The topological polar surface area (TPSA) is 58.6 Å². The fraction of sp³-hybridized carbons (Fsp3) is 0.692. The second-order valence-corrected chi connectivity index (χ2v) is 8.11. The highest BCUT2D eigenvalue weighted by Crippen LogP contribution is 2.25. The molecule has 1 unspecified atom stereocenters. The summed E-state index contributed by atoms with van der Waals surface area (Å²) in [5.41, 5.74) is 0. The van der Waals surface area contributed by atoms with E-state index in [4.69, 9.17) is 4.74 Å². The van der Waals surface area contributed by atoms with Gasteiger partial charge in [-0.15, -0.1) is 11.3 Å². The van der Waals surface area contributed by atoms with E-state index in [1.54, 1.807) is 28.9 Å². The lowest BCUT2D eigenvalue weighted by Crippen LogP contribution is -2.42. The molecule has 1 saturated heterocycles. The van der Waals surface area contributed by atoms with Crippen molar-refractivity contribution < 1.29 is 13.2 Å². The summed E-state index contributed by atoms with van der Waals surface area (Å²) in [6.07, 6.45) is 2.01. The van der Waals surface area contributed by atoms with Gasteiger partial charge in [0, 0.05) is 26.7 Å². The molecule has 1 aliphatic heterocycles. The van der Waals surface area contributed by atoms with Gasteiger partial charge in [-0.25, -0.2) is 8.42 Å². The molecule has 0 saturated carbocycles. The summed E-state index contributed by atoms with van der Waals surface area (Å²) in [7, 11) is -1.61. The Bertz CT molecular complexity index is 488. The molecule has 1 atom stereocenters. The minimum absolute atomic E-state index is 0.385. The average molecular weight is 318 g/mol. The van der Waals surface area contributed by atoms with Crippen LogP contribution in [0.5, 0.6) is 0 Å². The zero-order valence-electron chi connectivity index (χ0n) is 11.7. The summed E-state index contributed by atoms with van der Waals surface area (Å²) >= 11 is 1.29. The molecule has 0 aliphatic carbocycles. The number of nitrogens with zero attached hydrogens (tertiary/aromatic N) is 1. The van der Waals surface area contributed by atoms with E-state index in [0.717, 1.165) is 25.9 Å². The summed E-state index contributed by atoms with van der Waals surface area (Å²) in [5, 5.41) is 5.13. The van der Waals surface area contributed by atoms with E-state index < -0.39 is 10.0 Å². The third kappa shape index (κ3) is 4.02. The van der Waals surface area contributed by atoms with Gasteiger partial charge in [0.25, 0.3) is 10.0 Å². The highest BCUT2D eigenvalue weighted by atomic mass is 32.2. The Morgan fingerprint density at radius 2 is 2.40 bits per heavy atom. The molecular weight excluding hydrogens is 296 g/mol. The van der Waals surface area contributed by atoms with Crippen LogP contribution in [0.4, 0.5) is 0 Å². The summed E-state index contributed by atoms with van der Waals surface area (Å²) in [5.74, 6) is 0.385. The van der Waals surface area contributed by atoms with Gasteiger partial charge in [-0.2, -0.15) is 4.31 Å². The second kappa shape index (κ2) is 7.51. The van der Waals surface area contributed by atoms with Crippen molar-refractivity contribution in [3.05, 3.63) is 17.5 Å². The zero-order valence-corrected chi connectivity index (χ0v) is 13.4. The van der Waals surface area contributed by atoms with Gasteiger partial charge in [0.2, 0.25) is 0 Å². The number of ether oxygens (including phenoxy) is 1. The fourth-order valence-electron chi connectivity index (χ4n) is 2.43. The first-order valence-corrected chi connectivity index (χ1v) is 9.20. The molecule has 114 valence electrons. The number of thiophene rings is 1. The van der Waals surface area contributed by atoms with Crippen LogP contribution >= 0.6 is 11.3 Å². The van der Waals surface area contributed by atoms with Crippen molar-refractivity contribution in [2.24, 2.45) is 5.92 Å². The van der Waals surface area contributed by atoms with Gasteiger partial charge in [-0.05, 0) is 36.8 Å². The Balaban J connectivity index is 1.90. The molecule has 0 aromatic carbocycles. The summed E-state index contributed by atoms with van der Waals surface area (Å²) in [4.78, 5) is 0. The first-order chi connectivity index (χ1) is 9.64. The number of sulfonamides is 1. The molecule has 20 heavy (non-hydrogen) atoms. The molecule has 1 aliphatic rings. The summed E-state index contributed by atoms with van der Waals surface area (Å²) < 4.78 is 32.0. The fourth-order valence-corrected chi connectivity index (χ4v) is 5.13. The second-order valence-electron chi connectivity index (χ2n) is 5.00. The lowest BCUT2D eigenvalue weighted by atomic mass is 10.00. The van der Waals surface area contributed by atoms with Gasteiger partial charge >= 0.3 is 0 Å². The molecular formula is C13H22N2O3S2. The smallest absolute Gasteiger partial charge is 0.252 e. The average Bonchev–Trinajstić information content (AvgIpc) is 2.99. The van der Waals surface area contributed by atoms with Gasteiger partial charge in [-0.1, -0.05) is 6.07 Å². The third-order valence-electron chi connectivity index (χ3n) is 3.49. The van der Waals surface area contributed by atoms with Crippen molar-refractivity contribution in [1.29, 1.82) is 0 Å². The highest BCUT2D eigenvalue weighted by Gasteiger charge is 2.30. The van der Waals surface area contributed by atoms with E-state index in [2.05, 4.69) is 5.32 Å². The predicted octanol–water partition coefficient (Wildman–Crippen LogP) is 1.38. The number of hydrogen-bond donors (Lipinski definition) is 1. The molecule has 7 heteroatoms. The molecule has 2 heterocycles.